The van der Waals surface area contributed by atoms with Crippen LogP contribution in [0.15, 0.2) is 28.9 Å². The van der Waals surface area contributed by atoms with Gasteiger partial charge in [0.25, 0.3) is 5.91 Å². The number of aryl methyl sites for hydroxylation is 1. The molecule has 1 aliphatic carbocycles. The number of furan rings is 1. The summed E-state index contributed by atoms with van der Waals surface area (Å²) in [5.74, 6) is 1.23. The Hall–Kier alpha value is -2.67. The van der Waals surface area contributed by atoms with Crippen LogP contribution in [0.5, 0.6) is 0 Å². The average molecular weight is 513 g/mol. The number of nitrogens with zero attached hydrogens (tertiary/aromatic N) is 5. The lowest BCUT2D eigenvalue weighted by Gasteiger charge is -2.29. The van der Waals surface area contributed by atoms with Crippen LogP contribution in [0.25, 0.3) is 11.1 Å². The van der Waals surface area contributed by atoms with Gasteiger partial charge in [-0.05, 0) is 56.4 Å². The van der Waals surface area contributed by atoms with E-state index in [1.807, 2.05) is 30.0 Å². The molecule has 0 bridgehead atoms. The van der Waals surface area contributed by atoms with Crippen molar-refractivity contribution in [1.29, 1.82) is 5.26 Å². The van der Waals surface area contributed by atoms with Crippen molar-refractivity contribution >= 4 is 45.7 Å². The smallest absolute Gasteiger partial charge is 0.258 e. The highest BCUT2D eigenvalue weighted by atomic mass is 127. The van der Waals surface area contributed by atoms with Gasteiger partial charge < -0.3 is 9.32 Å². The molecule has 0 radical (unpaired) electrons. The van der Waals surface area contributed by atoms with E-state index in [0.29, 0.717) is 41.1 Å². The predicted molar refractivity (Wildman–Crippen MR) is 120 cm³/mol. The molecule has 3 heterocycles. The number of benzene rings is 1. The number of halogens is 1. The van der Waals surface area contributed by atoms with Crippen molar-refractivity contribution in [3.63, 3.8) is 0 Å². The van der Waals surface area contributed by atoms with Gasteiger partial charge in [-0.15, -0.1) is 0 Å². The molecular formula is C22H20IN5O2. The quantitative estimate of drug-likeness (QED) is 0.383. The summed E-state index contributed by atoms with van der Waals surface area (Å²) < 4.78 is 7.99. The van der Waals surface area contributed by atoms with Crippen molar-refractivity contribution < 1.29 is 9.21 Å². The van der Waals surface area contributed by atoms with Crippen LogP contribution >= 0.6 is 22.9 Å². The van der Waals surface area contributed by atoms with Crippen molar-refractivity contribution in [2.75, 3.05) is 9.66 Å². The van der Waals surface area contributed by atoms with Crippen LogP contribution < -0.4 is 3.11 Å². The molecule has 3 aromatic rings. The van der Waals surface area contributed by atoms with Gasteiger partial charge in [0.15, 0.2) is 5.82 Å². The molecule has 30 heavy (non-hydrogen) atoms. The van der Waals surface area contributed by atoms with E-state index in [9.17, 15) is 4.79 Å². The summed E-state index contributed by atoms with van der Waals surface area (Å²) in [6.07, 6.45) is 4.41. The first-order chi connectivity index (χ1) is 14.4. The van der Waals surface area contributed by atoms with Crippen LogP contribution in [0, 0.1) is 18.3 Å². The van der Waals surface area contributed by atoms with E-state index in [1.165, 1.54) is 6.33 Å². The summed E-state index contributed by atoms with van der Waals surface area (Å²) in [5, 5.41) is 9.81. The summed E-state index contributed by atoms with van der Waals surface area (Å²) in [4.78, 5) is 24.2. The maximum absolute atomic E-state index is 13.6. The second-order valence-corrected chi connectivity index (χ2v) is 9.23. The fourth-order valence-corrected chi connectivity index (χ4v) is 4.87. The fraction of sp³-hybridized carbons (Fsp3) is 0.364. The Labute approximate surface area is 188 Å². The van der Waals surface area contributed by atoms with Gasteiger partial charge in [-0.2, -0.15) is 5.26 Å². The highest BCUT2D eigenvalue weighted by Crippen LogP contribution is 2.47. The number of rotatable bonds is 3. The number of fused-ring (bicyclic) bond motifs is 2. The molecule has 0 unspecified atom stereocenters. The second-order valence-electron chi connectivity index (χ2n) is 8.26. The van der Waals surface area contributed by atoms with Crippen LogP contribution in [0.4, 0.5) is 5.82 Å². The maximum Gasteiger partial charge on any atom is 0.258 e. The maximum atomic E-state index is 13.6. The van der Waals surface area contributed by atoms with Gasteiger partial charge in [-0.3, -0.25) is 7.91 Å². The summed E-state index contributed by atoms with van der Waals surface area (Å²) >= 11 is 2.29. The first-order valence-corrected chi connectivity index (χ1v) is 10.9. The Morgan fingerprint density at radius 1 is 1.33 bits per heavy atom. The van der Waals surface area contributed by atoms with E-state index < -0.39 is 0 Å². The number of carbonyl (C=O) groups excluding carboxylic acids is 1. The Balaban J connectivity index is 1.54. The van der Waals surface area contributed by atoms with Gasteiger partial charge >= 0.3 is 0 Å². The fourth-order valence-electron chi connectivity index (χ4n) is 4.02. The van der Waals surface area contributed by atoms with E-state index >= 15 is 0 Å². The number of aromatic nitrogens is 2. The lowest BCUT2D eigenvalue weighted by Crippen LogP contribution is -2.36. The van der Waals surface area contributed by atoms with Gasteiger partial charge in [0, 0.05) is 18.6 Å². The third kappa shape index (κ3) is 3.03. The molecule has 0 atom stereocenters. The zero-order valence-electron chi connectivity index (χ0n) is 16.8. The van der Waals surface area contributed by atoms with Gasteiger partial charge in [0.2, 0.25) is 5.71 Å². The van der Waals surface area contributed by atoms with Crippen molar-refractivity contribution in [3.05, 3.63) is 52.5 Å². The van der Waals surface area contributed by atoms with E-state index in [2.05, 4.69) is 48.9 Å². The summed E-state index contributed by atoms with van der Waals surface area (Å²) in [6, 6.07) is 7.86. The van der Waals surface area contributed by atoms with Crippen molar-refractivity contribution in [2.24, 2.45) is 0 Å². The minimum Gasteiger partial charge on any atom is -0.442 e. The van der Waals surface area contributed by atoms with E-state index in [1.54, 1.807) is 0 Å². The molecule has 2 aromatic heterocycles. The molecule has 0 N–H and O–H groups in total. The molecular weight excluding hydrogens is 493 g/mol. The summed E-state index contributed by atoms with van der Waals surface area (Å²) in [5.41, 5.74) is 3.91. The molecule has 2 aliphatic rings. The van der Waals surface area contributed by atoms with Crippen molar-refractivity contribution in [3.8, 4) is 6.07 Å². The van der Waals surface area contributed by atoms with Gasteiger partial charge in [0.1, 0.15) is 12.1 Å². The number of anilines is 1. The molecule has 1 fully saturated rings. The molecule has 1 aliphatic heterocycles. The molecule has 1 aromatic carbocycles. The highest BCUT2D eigenvalue weighted by molar-refractivity contribution is 14.1. The van der Waals surface area contributed by atoms with Crippen LogP contribution in [0.1, 0.15) is 52.6 Å². The van der Waals surface area contributed by atoms with Crippen molar-refractivity contribution in [1.82, 2.24) is 14.9 Å². The molecule has 1 saturated carbocycles. The SMILES string of the molecule is Cc1oc2ncnc(N(I)C3(C)CC3)c2c1C(=O)N1CCc2cc(C#N)ccc2C1. The standard InChI is InChI=1S/C22H20IN5O2/c1-13-17(18-19(25-12-26-20(18)30-13)28(23)22(2)6-7-22)21(29)27-8-5-15-9-14(10-24)3-4-16(15)11-27/h3-4,9,12H,5-8,11H2,1-2H3. The van der Waals surface area contributed by atoms with Crippen LogP contribution in [0.3, 0.4) is 0 Å². The number of carbonyl (C=O) groups is 1. The normalized spacial score (nSPS) is 16.8. The Morgan fingerprint density at radius 2 is 2.13 bits per heavy atom. The molecule has 8 heteroatoms. The summed E-state index contributed by atoms with van der Waals surface area (Å²) in [7, 11) is 0. The Bertz CT molecular complexity index is 1220. The zero-order chi connectivity index (χ0) is 21.0. The highest BCUT2D eigenvalue weighted by Gasteiger charge is 2.44. The van der Waals surface area contributed by atoms with Crippen molar-refractivity contribution in [2.45, 2.75) is 45.2 Å². The van der Waals surface area contributed by atoms with Gasteiger partial charge in [-0.1, -0.05) is 6.07 Å². The third-order valence-corrected chi connectivity index (χ3v) is 7.75. The van der Waals surface area contributed by atoms with E-state index in [0.717, 1.165) is 36.2 Å². The minimum atomic E-state index is -0.0666. The molecule has 7 nitrogen and oxygen atoms in total. The number of nitriles is 1. The van der Waals surface area contributed by atoms with E-state index in [-0.39, 0.29) is 11.4 Å². The number of amides is 1. The molecule has 152 valence electrons. The van der Waals surface area contributed by atoms with Crippen LogP contribution in [0.2, 0.25) is 0 Å². The lowest BCUT2D eigenvalue weighted by molar-refractivity contribution is 0.0734. The Kier molecular flexibility index (Phi) is 4.47. The van der Waals surface area contributed by atoms with Gasteiger partial charge in [0.05, 0.1) is 45.4 Å². The first-order valence-electron chi connectivity index (χ1n) is 9.92. The van der Waals surface area contributed by atoms with Crippen LogP contribution in [-0.2, 0) is 13.0 Å². The lowest BCUT2D eigenvalue weighted by atomic mass is 9.97. The van der Waals surface area contributed by atoms with Crippen LogP contribution in [-0.4, -0.2) is 32.9 Å². The number of hydrogen-bond donors (Lipinski definition) is 0. The van der Waals surface area contributed by atoms with Gasteiger partial charge in [-0.25, -0.2) is 9.97 Å². The number of hydrogen-bond acceptors (Lipinski definition) is 6. The zero-order valence-corrected chi connectivity index (χ0v) is 18.9. The molecule has 0 saturated heterocycles. The average Bonchev–Trinajstić information content (AvgIpc) is 3.42. The molecule has 1 amide bonds. The Morgan fingerprint density at radius 3 is 2.87 bits per heavy atom. The monoisotopic (exact) mass is 513 g/mol. The predicted octanol–water partition coefficient (Wildman–Crippen LogP) is 4.31. The third-order valence-electron chi connectivity index (χ3n) is 6.13. The first kappa shape index (κ1) is 19.3. The molecule has 0 spiro atoms. The minimum absolute atomic E-state index is 0.0514. The molecule has 5 rings (SSSR count). The second kappa shape index (κ2) is 6.94. The summed E-state index contributed by atoms with van der Waals surface area (Å²) in [6.45, 7) is 5.12. The largest absolute Gasteiger partial charge is 0.442 e. The topological polar surface area (TPSA) is 86.3 Å². The van der Waals surface area contributed by atoms with E-state index in [4.69, 9.17) is 9.68 Å².